The maximum absolute atomic E-state index is 6.05. The normalized spacial score (nSPS) is 10.7. The summed E-state index contributed by atoms with van der Waals surface area (Å²) >= 11 is 0. The predicted octanol–water partition coefficient (Wildman–Crippen LogP) is 6.65. The highest BCUT2D eigenvalue weighted by Gasteiger charge is 2.13. The molecule has 158 valence electrons. The van der Waals surface area contributed by atoms with E-state index in [4.69, 9.17) is 14.5 Å². The molecule has 0 unspecified atom stereocenters. The number of imidazole rings is 1. The van der Waals surface area contributed by atoms with Crippen LogP contribution in [-0.4, -0.2) is 16.2 Å². The van der Waals surface area contributed by atoms with E-state index in [9.17, 15) is 0 Å². The molecule has 0 amide bonds. The van der Waals surface area contributed by atoms with E-state index in [0.717, 1.165) is 42.2 Å². The number of aromatic nitrogens is 2. The molecule has 3 aromatic rings. The van der Waals surface area contributed by atoms with Gasteiger partial charge in [0.15, 0.2) is 0 Å². The van der Waals surface area contributed by atoms with Crippen molar-refractivity contribution in [2.45, 2.75) is 67.5 Å². The first-order valence-corrected chi connectivity index (χ1v) is 10.9. The molecule has 0 atom stereocenters. The molecule has 4 nitrogen and oxygen atoms in total. The lowest BCUT2D eigenvalue weighted by Crippen LogP contribution is -2.11. The zero-order chi connectivity index (χ0) is 21.2. The third-order valence-corrected chi connectivity index (χ3v) is 4.46. The van der Waals surface area contributed by atoms with Gasteiger partial charge in [0.05, 0.1) is 17.6 Å². The number of hydrogen-bond donors (Lipinski definition) is 0. The van der Waals surface area contributed by atoms with Gasteiger partial charge in [-0.15, -0.1) is 0 Å². The minimum absolute atomic E-state index is 0.445. The van der Waals surface area contributed by atoms with Crippen molar-refractivity contribution in [1.82, 2.24) is 9.55 Å². The van der Waals surface area contributed by atoms with E-state index in [1.807, 2.05) is 45.0 Å². The van der Waals surface area contributed by atoms with Crippen molar-refractivity contribution in [3.8, 4) is 11.5 Å². The molecule has 4 heteroatoms. The predicted molar refractivity (Wildman–Crippen MR) is 122 cm³/mol. The van der Waals surface area contributed by atoms with Crippen molar-refractivity contribution in [3.05, 3.63) is 53.9 Å². The van der Waals surface area contributed by atoms with Crippen LogP contribution in [0.5, 0.6) is 11.5 Å². The Morgan fingerprint density at radius 3 is 2.34 bits per heavy atom. The number of benzene rings is 2. The van der Waals surface area contributed by atoms with E-state index >= 15 is 0 Å². The average Bonchev–Trinajstić information content (AvgIpc) is 3.05. The Labute approximate surface area is 175 Å². The first kappa shape index (κ1) is 22.8. The zero-order valence-electron chi connectivity index (χ0n) is 18.9. The maximum Gasteiger partial charge on any atom is 0.148 e. The molecule has 0 spiro atoms. The van der Waals surface area contributed by atoms with Crippen molar-refractivity contribution in [2.75, 3.05) is 6.61 Å². The van der Waals surface area contributed by atoms with Gasteiger partial charge in [0.25, 0.3) is 0 Å². The SMILES string of the molecule is CC.CCCc1ccc2nc(COc3cccc(OCC)c3)n(CC(C)C)c2c1. The number of ether oxygens (including phenoxy) is 2. The summed E-state index contributed by atoms with van der Waals surface area (Å²) in [6.07, 6.45) is 2.24. The molecule has 1 aromatic heterocycles. The van der Waals surface area contributed by atoms with Crippen LogP contribution in [0.2, 0.25) is 0 Å². The number of rotatable bonds is 9. The minimum Gasteiger partial charge on any atom is -0.494 e. The van der Waals surface area contributed by atoms with Gasteiger partial charge in [0, 0.05) is 12.6 Å². The van der Waals surface area contributed by atoms with Crippen LogP contribution in [0.1, 0.15) is 59.4 Å². The molecule has 0 fully saturated rings. The molecular weight excluding hydrogens is 360 g/mol. The quantitative estimate of drug-likeness (QED) is 0.406. The van der Waals surface area contributed by atoms with Gasteiger partial charge in [-0.05, 0) is 49.1 Å². The number of hydrogen-bond acceptors (Lipinski definition) is 3. The van der Waals surface area contributed by atoms with Gasteiger partial charge < -0.3 is 14.0 Å². The van der Waals surface area contributed by atoms with Crippen molar-refractivity contribution < 1.29 is 9.47 Å². The summed E-state index contributed by atoms with van der Waals surface area (Å²) in [5, 5.41) is 0. The Hall–Kier alpha value is -2.49. The largest absolute Gasteiger partial charge is 0.494 e. The average molecular weight is 397 g/mol. The fraction of sp³-hybridized carbons (Fsp3) is 0.480. The monoisotopic (exact) mass is 396 g/mol. The van der Waals surface area contributed by atoms with Gasteiger partial charge in [-0.3, -0.25) is 0 Å². The number of aryl methyl sites for hydroxylation is 1. The second-order valence-corrected chi connectivity index (χ2v) is 7.30. The highest BCUT2D eigenvalue weighted by Crippen LogP contribution is 2.23. The highest BCUT2D eigenvalue weighted by atomic mass is 16.5. The van der Waals surface area contributed by atoms with Crippen LogP contribution in [-0.2, 0) is 19.6 Å². The van der Waals surface area contributed by atoms with E-state index in [2.05, 4.69) is 43.5 Å². The first-order valence-electron chi connectivity index (χ1n) is 10.9. The van der Waals surface area contributed by atoms with E-state index in [0.29, 0.717) is 19.1 Å². The van der Waals surface area contributed by atoms with E-state index in [1.165, 1.54) is 11.1 Å². The summed E-state index contributed by atoms with van der Waals surface area (Å²) in [7, 11) is 0. The summed E-state index contributed by atoms with van der Waals surface area (Å²) in [6, 6.07) is 14.4. The standard InChI is InChI=1S/C23H30N2O2.C2H6/c1-5-8-18-11-12-21-22(13-18)25(15-17(3)4)23(24-21)16-27-20-10-7-9-19(14-20)26-6-2;1-2/h7,9-14,17H,5-6,8,15-16H2,1-4H3;1-2H3. The summed E-state index contributed by atoms with van der Waals surface area (Å²) in [5.41, 5.74) is 3.61. The Balaban J connectivity index is 0.00000145. The molecule has 0 saturated heterocycles. The number of fused-ring (bicyclic) bond motifs is 1. The van der Waals surface area contributed by atoms with Crippen molar-refractivity contribution >= 4 is 11.0 Å². The Bertz CT molecular complexity index is 884. The Morgan fingerprint density at radius 2 is 1.69 bits per heavy atom. The molecule has 0 aliphatic rings. The molecule has 0 saturated carbocycles. The van der Waals surface area contributed by atoms with Gasteiger partial charge in [0.1, 0.15) is 23.9 Å². The van der Waals surface area contributed by atoms with Crippen LogP contribution >= 0.6 is 0 Å². The maximum atomic E-state index is 6.05. The third-order valence-electron chi connectivity index (χ3n) is 4.46. The van der Waals surface area contributed by atoms with Crippen LogP contribution < -0.4 is 9.47 Å². The fourth-order valence-corrected chi connectivity index (χ4v) is 3.31. The van der Waals surface area contributed by atoms with Gasteiger partial charge in [-0.1, -0.05) is 53.2 Å². The van der Waals surface area contributed by atoms with E-state index in [1.54, 1.807) is 0 Å². The van der Waals surface area contributed by atoms with Gasteiger partial charge in [-0.25, -0.2) is 4.98 Å². The van der Waals surface area contributed by atoms with Gasteiger partial charge >= 0.3 is 0 Å². The second-order valence-electron chi connectivity index (χ2n) is 7.30. The van der Waals surface area contributed by atoms with Gasteiger partial charge in [-0.2, -0.15) is 0 Å². The highest BCUT2D eigenvalue weighted by molar-refractivity contribution is 5.77. The van der Waals surface area contributed by atoms with Gasteiger partial charge in [0.2, 0.25) is 0 Å². The van der Waals surface area contributed by atoms with Crippen molar-refractivity contribution in [3.63, 3.8) is 0 Å². The molecule has 0 aliphatic heterocycles. The molecule has 1 heterocycles. The lowest BCUT2D eigenvalue weighted by atomic mass is 10.1. The molecule has 0 bridgehead atoms. The summed E-state index contributed by atoms with van der Waals surface area (Å²) in [6.45, 7) is 14.7. The van der Waals surface area contributed by atoms with Crippen LogP contribution in [0.25, 0.3) is 11.0 Å². The lowest BCUT2D eigenvalue weighted by molar-refractivity contribution is 0.283. The van der Waals surface area contributed by atoms with E-state index < -0.39 is 0 Å². The third kappa shape index (κ3) is 6.25. The molecule has 0 aliphatic carbocycles. The summed E-state index contributed by atoms with van der Waals surface area (Å²) in [5.74, 6) is 3.14. The van der Waals surface area contributed by atoms with Crippen LogP contribution in [0.4, 0.5) is 0 Å². The molecular formula is C25H36N2O2. The second kappa shape index (κ2) is 11.5. The fourth-order valence-electron chi connectivity index (χ4n) is 3.31. The van der Waals surface area contributed by atoms with Crippen LogP contribution in [0.15, 0.2) is 42.5 Å². The molecule has 29 heavy (non-hydrogen) atoms. The van der Waals surface area contributed by atoms with Crippen molar-refractivity contribution in [2.24, 2.45) is 5.92 Å². The molecule has 0 N–H and O–H groups in total. The first-order chi connectivity index (χ1) is 14.1. The smallest absolute Gasteiger partial charge is 0.148 e. The van der Waals surface area contributed by atoms with Crippen LogP contribution in [0.3, 0.4) is 0 Å². The molecule has 2 aromatic carbocycles. The molecule has 3 rings (SSSR count). The van der Waals surface area contributed by atoms with Crippen molar-refractivity contribution in [1.29, 1.82) is 0 Å². The minimum atomic E-state index is 0.445. The Kier molecular flexibility index (Phi) is 9.04. The topological polar surface area (TPSA) is 36.3 Å². The molecule has 0 radical (unpaired) electrons. The number of nitrogens with zero attached hydrogens (tertiary/aromatic N) is 2. The zero-order valence-corrected chi connectivity index (χ0v) is 18.9. The summed E-state index contributed by atoms with van der Waals surface area (Å²) in [4.78, 5) is 4.85. The lowest BCUT2D eigenvalue weighted by Gasteiger charge is -2.13. The van der Waals surface area contributed by atoms with Crippen LogP contribution in [0, 0.1) is 5.92 Å². The Morgan fingerprint density at radius 1 is 0.966 bits per heavy atom. The van der Waals surface area contributed by atoms with E-state index in [-0.39, 0.29) is 0 Å². The summed E-state index contributed by atoms with van der Waals surface area (Å²) < 4.78 is 13.9.